The van der Waals surface area contributed by atoms with Gasteiger partial charge in [-0.3, -0.25) is 14.9 Å². The standard InChI is InChI=1S/C22H26N4O3/c1-14(2)11-19(23-20(27)13-15-7-6-8-16(12-15)29-3)21(28)26-22-24-17-9-4-5-10-18(17)25-22/h4-10,12,14,19H,11,13H2,1-3H3,(H,23,27)(H2,24,25,26,28)/t19-/m1/s1. The van der Waals surface area contributed by atoms with Crippen LogP contribution in [0.2, 0.25) is 0 Å². The second-order valence-electron chi connectivity index (χ2n) is 7.37. The van der Waals surface area contributed by atoms with Crippen molar-refractivity contribution in [2.45, 2.75) is 32.7 Å². The van der Waals surface area contributed by atoms with Gasteiger partial charge in [-0.2, -0.15) is 0 Å². The van der Waals surface area contributed by atoms with Gasteiger partial charge in [0.05, 0.1) is 24.6 Å². The summed E-state index contributed by atoms with van der Waals surface area (Å²) < 4.78 is 5.19. The molecule has 3 aromatic rings. The maximum absolute atomic E-state index is 12.8. The van der Waals surface area contributed by atoms with Crippen molar-refractivity contribution in [1.82, 2.24) is 15.3 Å². The Morgan fingerprint density at radius 2 is 1.93 bits per heavy atom. The molecule has 3 N–H and O–H groups in total. The highest BCUT2D eigenvalue weighted by atomic mass is 16.5. The molecule has 0 aliphatic carbocycles. The molecule has 0 spiro atoms. The number of hydrogen-bond acceptors (Lipinski definition) is 4. The summed E-state index contributed by atoms with van der Waals surface area (Å²) in [5.41, 5.74) is 2.43. The lowest BCUT2D eigenvalue weighted by molar-refractivity contribution is -0.126. The summed E-state index contributed by atoms with van der Waals surface area (Å²) in [6.45, 7) is 4.02. The number of nitrogens with zero attached hydrogens (tertiary/aromatic N) is 1. The number of aromatic amines is 1. The molecule has 0 fully saturated rings. The molecule has 2 aromatic carbocycles. The predicted octanol–water partition coefficient (Wildman–Crippen LogP) is 3.28. The largest absolute Gasteiger partial charge is 0.497 e. The van der Waals surface area contributed by atoms with Crippen LogP contribution in [0.3, 0.4) is 0 Å². The van der Waals surface area contributed by atoms with Gasteiger partial charge in [-0.05, 0) is 42.2 Å². The maximum atomic E-state index is 12.8. The van der Waals surface area contributed by atoms with Crippen molar-refractivity contribution in [3.05, 3.63) is 54.1 Å². The van der Waals surface area contributed by atoms with E-state index in [9.17, 15) is 9.59 Å². The number of para-hydroxylation sites is 2. The molecular formula is C22H26N4O3. The summed E-state index contributed by atoms with van der Waals surface area (Å²) in [6.07, 6.45) is 0.694. The van der Waals surface area contributed by atoms with E-state index in [0.717, 1.165) is 16.6 Å². The number of carbonyl (C=O) groups excluding carboxylic acids is 2. The molecule has 0 bridgehead atoms. The van der Waals surface area contributed by atoms with Crippen LogP contribution in [-0.4, -0.2) is 34.9 Å². The third-order valence-corrected chi connectivity index (χ3v) is 4.49. The lowest BCUT2D eigenvalue weighted by atomic mass is 10.0. The van der Waals surface area contributed by atoms with Gasteiger partial charge in [0.25, 0.3) is 0 Å². The summed E-state index contributed by atoms with van der Waals surface area (Å²) in [4.78, 5) is 32.8. The molecule has 0 saturated carbocycles. The number of amides is 2. The Hall–Kier alpha value is -3.35. The molecule has 1 heterocycles. The molecule has 0 unspecified atom stereocenters. The van der Waals surface area contributed by atoms with Gasteiger partial charge in [-0.15, -0.1) is 0 Å². The number of carbonyl (C=O) groups is 2. The van der Waals surface area contributed by atoms with E-state index in [1.165, 1.54) is 0 Å². The Labute approximate surface area is 169 Å². The SMILES string of the molecule is COc1cccc(CC(=O)N[C@H](CC(C)C)C(=O)Nc2nc3ccccc3[nH]2)c1. The number of aromatic nitrogens is 2. The number of imidazole rings is 1. The molecule has 0 aliphatic rings. The van der Waals surface area contributed by atoms with Gasteiger partial charge in [0.2, 0.25) is 17.8 Å². The predicted molar refractivity (Wildman–Crippen MR) is 113 cm³/mol. The number of H-pyrrole nitrogens is 1. The van der Waals surface area contributed by atoms with Gasteiger partial charge < -0.3 is 15.0 Å². The fourth-order valence-corrected chi connectivity index (χ4v) is 3.13. The number of fused-ring (bicyclic) bond motifs is 1. The number of benzene rings is 2. The first-order valence-electron chi connectivity index (χ1n) is 9.62. The van der Waals surface area contributed by atoms with Gasteiger partial charge in [-0.25, -0.2) is 4.98 Å². The van der Waals surface area contributed by atoms with E-state index in [1.807, 2.05) is 62.4 Å². The molecule has 152 valence electrons. The second-order valence-corrected chi connectivity index (χ2v) is 7.37. The van der Waals surface area contributed by atoms with Crippen LogP contribution in [0.4, 0.5) is 5.95 Å². The van der Waals surface area contributed by atoms with E-state index in [2.05, 4.69) is 20.6 Å². The van der Waals surface area contributed by atoms with Crippen LogP contribution >= 0.6 is 0 Å². The number of nitrogens with one attached hydrogen (secondary N) is 3. The fourth-order valence-electron chi connectivity index (χ4n) is 3.13. The third-order valence-electron chi connectivity index (χ3n) is 4.49. The minimum atomic E-state index is -0.652. The van der Waals surface area contributed by atoms with Gasteiger partial charge in [-0.1, -0.05) is 38.1 Å². The number of rotatable bonds is 8. The Balaban J connectivity index is 1.67. The Kier molecular flexibility index (Phi) is 6.49. The average molecular weight is 394 g/mol. The number of ether oxygens (including phenoxy) is 1. The number of hydrogen-bond donors (Lipinski definition) is 3. The van der Waals surface area contributed by atoms with Crippen molar-refractivity contribution in [2.24, 2.45) is 5.92 Å². The minimum Gasteiger partial charge on any atom is -0.497 e. The van der Waals surface area contributed by atoms with E-state index in [4.69, 9.17) is 4.74 Å². The summed E-state index contributed by atoms with van der Waals surface area (Å²) >= 11 is 0. The van der Waals surface area contributed by atoms with E-state index >= 15 is 0 Å². The Bertz CT molecular complexity index is 963. The van der Waals surface area contributed by atoms with E-state index in [0.29, 0.717) is 18.1 Å². The monoisotopic (exact) mass is 394 g/mol. The zero-order chi connectivity index (χ0) is 20.8. The molecular weight excluding hydrogens is 368 g/mol. The summed E-state index contributed by atoms with van der Waals surface area (Å²) in [5.74, 6) is 0.780. The fraction of sp³-hybridized carbons (Fsp3) is 0.318. The molecule has 1 atom stereocenters. The van der Waals surface area contributed by atoms with Crippen molar-refractivity contribution >= 4 is 28.8 Å². The molecule has 7 nitrogen and oxygen atoms in total. The molecule has 0 saturated heterocycles. The lowest BCUT2D eigenvalue weighted by Gasteiger charge is -2.19. The van der Waals surface area contributed by atoms with Crippen molar-refractivity contribution in [1.29, 1.82) is 0 Å². The normalized spacial score (nSPS) is 12.0. The number of methoxy groups -OCH3 is 1. The van der Waals surface area contributed by atoms with Crippen molar-refractivity contribution in [2.75, 3.05) is 12.4 Å². The topological polar surface area (TPSA) is 96.1 Å². The van der Waals surface area contributed by atoms with Crippen molar-refractivity contribution in [3.8, 4) is 5.75 Å². The maximum Gasteiger partial charge on any atom is 0.249 e. The highest BCUT2D eigenvalue weighted by molar-refractivity contribution is 5.97. The third kappa shape index (κ3) is 5.57. The number of anilines is 1. The summed E-state index contributed by atoms with van der Waals surface area (Å²) in [7, 11) is 1.58. The summed E-state index contributed by atoms with van der Waals surface area (Å²) in [6, 6.07) is 14.2. The first kappa shape index (κ1) is 20.4. The van der Waals surface area contributed by atoms with Crippen molar-refractivity contribution < 1.29 is 14.3 Å². The highest BCUT2D eigenvalue weighted by Crippen LogP contribution is 2.15. The highest BCUT2D eigenvalue weighted by Gasteiger charge is 2.23. The molecule has 3 rings (SSSR count). The molecule has 7 heteroatoms. The van der Waals surface area contributed by atoms with Crippen LogP contribution in [0.15, 0.2) is 48.5 Å². The van der Waals surface area contributed by atoms with E-state index < -0.39 is 6.04 Å². The zero-order valence-electron chi connectivity index (χ0n) is 16.9. The summed E-state index contributed by atoms with van der Waals surface area (Å²) in [5, 5.41) is 5.64. The molecule has 2 amide bonds. The molecule has 29 heavy (non-hydrogen) atoms. The van der Waals surface area contributed by atoms with Gasteiger partial charge >= 0.3 is 0 Å². The van der Waals surface area contributed by atoms with E-state index in [-0.39, 0.29) is 24.2 Å². The smallest absolute Gasteiger partial charge is 0.249 e. The average Bonchev–Trinajstić information content (AvgIpc) is 3.09. The van der Waals surface area contributed by atoms with Gasteiger partial charge in [0, 0.05) is 0 Å². The Morgan fingerprint density at radius 1 is 1.14 bits per heavy atom. The van der Waals surface area contributed by atoms with Gasteiger partial charge in [0.15, 0.2) is 0 Å². The lowest BCUT2D eigenvalue weighted by Crippen LogP contribution is -2.45. The van der Waals surface area contributed by atoms with E-state index in [1.54, 1.807) is 7.11 Å². The van der Waals surface area contributed by atoms with Crippen LogP contribution in [0.5, 0.6) is 5.75 Å². The van der Waals surface area contributed by atoms with Crippen molar-refractivity contribution in [3.63, 3.8) is 0 Å². The van der Waals surface area contributed by atoms with Crippen LogP contribution < -0.4 is 15.4 Å². The first-order valence-corrected chi connectivity index (χ1v) is 9.62. The minimum absolute atomic E-state index is 0.170. The molecule has 0 aliphatic heterocycles. The second kappa shape index (κ2) is 9.23. The zero-order valence-corrected chi connectivity index (χ0v) is 16.9. The molecule has 1 aromatic heterocycles. The van der Waals surface area contributed by atoms with Gasteiger partial charge in [0.1, 0.15) is 11.8 Å². The quantitative estimate of drug-likeness (QED) is 0.546. The van der Waals surface area contributed by atoms with Crippen LogP contribution in [0, 0.1) is 5.92 Å². The Morgan fingerprint density at radius 3 is 2.66 bits per heavy atom. The van der Waals surface area contributed by atoms with Crippen LogP contribution in [-0.2, 0) is 16.0 Å². The van der Waals surface area contributed by atoms with Crippen LogP contribution in [0.25, 0.3) is 11.0 Å². The van der Waals surface area contributed by atoms with Crippen LogP contribution in [0.1, 0.15) is 25.8 Å². The molecule has 0 radical (unpaired) electrons. The first-order chi connectivity index (χ1) is 13.9.